The number of rotatable bonds is 5. The van der Waals surface area contributed by atoms with E-state index in [4.69, 9.17) is 0 Å². The monoisotopic (exact) mass is 196 g/mol. The van der Waals surface area contributed by atoms with Crippen LogP contribution < -0.4 is 5.32 Å². The number of nitrogens with zero attached hydrogens (tertiary/aromatic N) is 1. The van der Waals surface area contributed by atoms with Gasteiger partial charge in [-0.1, -0.05) is 13.8 Å². The molecule has 0 bridgehead atoms. The van der Waals surface area contributed by atoms with Crippen molar-refractivity contribution in [1.29, 1.82) is 0 Å². The van der Waals surface area contributed by atoms with Crippen LogP contribution in [0, 0.1) is 0 Å². The van der Waals surface area contributed by atoms with Crippen LogP contribution in [0.25, 0.3) is 0 Å². The maximum atomic E-state index is 3.73. The van der Waals surface area contributed by atoms with Crippen molar-refractivity contribution in [2.45, 2.75) is 57.5 Å². The molecule has 2 fully saturated rings. The second-order valence-electron chi connectivity index (χ2n) is 4.96. The number of hydrogen-bond donors (Lipinski definition) is 1. The van der Waals surface area contributed by atoms with Gasteiger partial charge in [-0.15, -0.1) is 0 Å². The molecule has 0 aromatic heterocycles. The van der Waals surface area contributed by atoms with Crippen LogP contribution in [0.4, 0.5) is 0 Å². The summed E-state index contributed by atoms with van der Waals surface area (Å²) in [6, 6.07) is 0.922. The maximum absolute atomic E-state index is 3.73. The lowest BCUT2D eigenvalue weighted by Crippen LogP contribution is -2.50. The molecule has 1 saturated heterocycles. The molecule has 2 rings (SSSR count). The van der Waals surface area contributed by atoms with Crippen molar-refractivity contribution >= 4 is 0 Å². The Morgan fingerprint density at radius 1 is 1.36 bits per heavy atom. The number of hydrogen-bond acceptors (Lipinski definition) is 2. The first kappa shape index (κ1) is 10.4. The smallest absolute Gasteiger partial charge is 0.0306 e. The summed E-state index contributed by atoms with van der Waals surface area (Å²) in [6.45, 7) is 8.38. The molecule has 1 aliphatic heterocycles. The van der Waals surface area contributed by atoms with Crippen LogP contribution in [0.5, 0.6) is 0 Å². The van der Waals surface area contributed by atoms with Gasteiger partial charge in [0.25, 0.3) is 0 Å². The molecule has 0 aromatic rings. The molecule has 14 heavy (non-hydrogen) atoms. The Labute approximate surface area is 88.1 Å². The Hall–Kier alpha value is -0.0800. The van der Waals surface area contributed by atoms with E-state index in [-0.39, 0.29) is 0 Å². The van der Waals surface area contributed by atoms with Crippen molar-refractivity contribution in [3.05, 3.63) is 0 Å². The molecule has 0 spiro atoms. The second kappa shape index (κ2) is 4.19. The summed E-state index contributed by atoms with van der Waals surface area (Å²) >= 11 is 0. The van der Waals surface area contributed by atoms with E-state index in [0.29, 0.717) is 5.54 Å². The fraction of sp³-hybridized carbons (Fsp3) is 1.00. The molecular formula is C12H24N2. The van der Waals surface area contributed by atoms with Crippen LogP contribution in [-0.4, -0.2) is 36.1 Å². The first-order valence-electron chi connectivity index (χ1n) is 6.29. The summed E-state index contributed by atoms with van der Waals surface area (Å²) in [5, 5.41) is 3.73. The van der Waals surface area contributed by atoms with E-state index in [0.717, 1.165) is 6.04 Å². The van der Waals surface area contributed by atoms with Gasteiger partial charge < -0.3 is 5.32 Å². The van der Waals surface area contributed by atoms with Gasteiger partial charge in [0.2, 0.25) is 0 Å². The molecule has 2 nitrogen and oxygen atoms in total. The first-order valence-corrected chi connectivity index (χ1v) is 6.29. The molecule has 1 N–H and O–H groups in total. The summed E-state index contributed by atoms with van der Waals surface area (Å²) in [6.07, 6.45) is 6.92. The summed E-state index contributed by atoms with van der Waals surface area (Å²) in [4.78, 5) is 2.68. The molecule has 1 heterocycles. The van der Waals surface area contributed by atoms with Gasteiger partial charge in [-0.25, -0.2) is 0 Å². The highest BCUT2D eigenvalue weighted by Gasteiger charge is 2.37. The summed E-state index contributed by atoms with van der Waals surface area (Å²) < 4.78 is 0. The molecule has 2 aliphatic rings. The third-order valence-electron chi connectivity index (χ3n) is 3.98. The molecule has 0 radical (unpaired) electrons. The minimum absolute atomic E-state index is 0.457. The van der Waals surface area contributed by atoms with Gasteiger partial charge in [-0.2, -0.15) is 0 Å². The number of likely N-dealkylation sites (N-methyl/N-ethyl adjacent to an activating group) is 1. The van der Waals surface area contributed by atoms with E-state index in [1.807, 2.05) is 0 Å². The Morgan fingerprint density at radius 2 is 2.14 bits per heavy atom. The van der Waals surface area contributed by atoms with Crippen molar-refractivity contribution in [1.82, 2.24) is 10.2 Å². The predicted octanol–water partition coefficient (Wildman–Crippen LogP) is 2.00. The van der Waals surface area contributed by atoms with Gasteiger partial charge >= 0.3 is 0 Å². The molecule has 1 saturated carbocycles. The molecule has 2 heteroatoms. The molecular weight excluding hydrogens is 172 g/mol. The van der Waals surface area contributed by atoms with Crippen LogP contribution in [0.3, 0.4) is 0 Å². The predicted molar refractivity (Wildman–Crippen MR) is 60.5 cm³/mol. The van der Waals surface area contributed by atoms with Gasteiger partial charge in [-0.05, 0) is 45.2 Å². The van der Waals surface area contributed by atoms with Crippen LogP contribution in [0.1, 0.15) is 46.0 Å². The maximum Gasteiger partial charge on any atom is 0.0306 e. The molecule has 0 aromatic carbocycles. The summed E-state index contributed by atoms with van der Waals surface area (Å²) in [5.41, 5.74) is 0.457. The van der Waals surface area contributed by atoms with Gasteiger partial charge in [-0.3, -0.25) is 4.90 Å². The van der Waals surface area contributed by atoms with Crippen molar-refractivity contribution < 1.29 is 0 Å². The minimum Gasteiger partial charge on any atom is -0.310 e. The van der Waals surface area contributed by atoms with E-state index in [9.17, 15) is 0 Å². The zero-order valence-electron chi connectivity index (χ0n) is 9.68. The quantitative estimate of drug-likeness (QED) is 0.723. The Kier molecular flexibility index (Phi) is 3.13. The van der Waals surface area contributed by atoms with Crippen molar-refractivity contribution in [3.63, 3.8) is 0 Å². The third-order valence-corrected chi connectivity index (χ3v) is 3.98. The summed E-state index contributed by atoms with van der Waals surface area (Å²) in [7, 11) is 0. The Morgan fingerprint density at radius 3 is 2.57 bits per heavy atom. The molecule has 1 atom stereocenters. The minimum atomic E-state index is 0.457. The lowest BCUT2D eigenvalue weighted by Gasteiger charge is -2.34. The van der Waals surface area contributed by atoms with Crippen molar-refractivity contribution in [2.24, 2.45) is 0 Å². The third kappa shape index (κ3) is 2.12. The normalized spacial score (nSPS) is 32.8. The average molecular weight is 196 g/mol. The van der Waals surface area contributed by atoms with E-state index < -0.39 is 0 Å². The van der Waals surface area contributed by atoms with E-state index in [1.54, 1.807) is 0 Å². The topological polar surface area (TPSA) is 15.3 Å². The van der Waals surface area contributed by atoms with Crippen LogP contribution in [0.2, 0.25) is 0 Å². The largest absolute Gasteiger partial charge is 0.310 e. The lowest BCUT2D eigenvalue weighted by atomic mass is 9.93. The molecule has 0 amide bonds. The SMILES string of the molecule is CCN(CC1(CC)CCCN1)C1CC1. The van der Waals surface area contributed by atoms with Gasteiger partial charge in [0, 0.05) is 18.1 Å². The highest BCUT2D eigenvalue weighted by molar-refractivity contribution is 4.97. The highest BCUT2D eigenvalue weighted by Crippen LogP contribution is 2.31. The molecule has 1 aliphatic carbocycles. The van der Waals surface area contributed by atoms with E-state index >= 15 is 0 Å². The standard InChI is InChI=1S/C12H24N2/c1-3-12(8-5-9-13-12)10-14(4-2)11-6-7-11/h11,13H,3-10H2,1-2H3. The van der Waals surface area contributed by atoms with E-state index in [1.165, 1.54) is 51.7 Å². The van der Waals surface area contributed by atoms with Gasteiger partial charge in [0.1, 0.15) is 0 Å². The molecule has 82 valence electrons. The number of nitrogens with one attached hydrogen (secondary N) is 1. The Balaban J connectivity index is 1.91. The van der Waals surface area contributed by atoms with Crippen LogP contribution in [-0.2, 0) is 0 Å². The van der Waals surface area contributed by atoms with Crippen molar-refractivity contribution in [2.75, 3.05) is 19.6 Å². The van der Waals surface area contributed by atoms with Crippen molar-refractivity contribution in [3.8, 4) is 0 Å². The Bertz CT molecular complexity index is 181. The van der Waals surface area contributed by atoms with Gasteiger partial charge in [0.05, 0.1) is 0 Å². The zero-order valence-corrected chi connectivity index (χ0v) is 9.68. The first-order chi connectivity index (χ1) is 6.79. The fourth-order valence-electron chi connectivity index (χ4n) is 2.74. The second-order valence-corrected chi connectivity index (χ2v) is 4.96. The zero-order chi connectivity index (χ0) is 10.0. The van der Waals surface area contributed by atoms with E-state index in [2.05, 4.69) is 24.1 Å². The van der Waals surface area contributed by atoms with Gasteiger partial charge in [0.15, 0.2) is 0 Å². The molecule has 1 unspecified atom stereocenters. The van der Waals surface area contributed by atoms with Crippen LogP contribution >= 0.6 is 0 Å². The summed E-state index contributed by atoms with van der Waals surface area (Å²) in [5.74, 6) is 0. The fourth-order valence-corrected chi connectivity index (χ4v) is 2.74. The average Bonchev–Trinajstić information content (AvgIpc) is 2.96. The highest BCUT2D eigenvalue weighted by atomic mass is 15.2. The lowest BCUT2D eigenvalue weighted by molar-refractivity contribution is 0.187. The van der Waals surface area contributed by atoms with Crippen LogP contribution in [0.15, 0.2) is 0 Å².